The average molecular weight is 356 g/mol. The highest BCUT2D eigenvalue weighted by Gasteiger charge is 2.14. The van der Waals surface area contributed by atoms with E-state index < -0.39 is 10.0 Å². The van der Waals surface area contributed by atoms with Crippen LogP contribution >= 0.6 is 15.9 Å². The normalized spacial score (nSPS) is 11.3. The molecule has 0 aromatic heterocycles. The first kappa shape index (κ1) is 14.9. The molecular weight excluding hydrogens is 342 g/mol. The molecule has 106 valence electrons. The van der Waals surface area contributed by atoms with Crippen LogP contribution in [0.3, 0.4) is 0 Å². The number of anilines is 1. The second kappa shape index (κ2) is 5.85. The van der Waals surface area contributed by atoms with E-state index in [1.165, 1.54) is 6.07 Å². The maximum absolute atomic E-state index is 12.2. The number of benzene rings is 2. The lowest BCUT2D eigenvalue weighted by atomic mass is 10.2. The Morgan fingerprint density at radius 1 is 1.15 bits per heavy atom. The number of phenolic OH excluding ortho intramolecular Hbond substituents is 1. The lowest BCUT2D eigenvalue weighted by Gasteiger charge is -2.09. The number of hydrogen-bond acceptors (Lipinski definition) is 3. The molecular formula is C14H14BrNO3S. The second-order valence-corrected chi connectivity index (χ2v) is 6.63. The van der Waals surface area contributed by atoms with Gasteiger partial charge in [-0.3, -0.25) is 4.72 Å². The largest absolute Gasteiger partial charge is 0.508 e. The molecule has 4 nitrogen and oxygen atoms in total. The first-order chi connectivity index (χ1) is 9.42. The predicted molar refractivity (Wildman–Crippen MR) is 82.7 cm³/mol. The Morgan fingerprint density at radius 2 is 1.80 bits per heavy atom. The van der Waals surface area contributed by atoms with E-state index in [1.807, 2.05) is 0 Å². The van der Waals surface area contributed by atoms with E-state index in [9.17, 15) is 13.5 Å². The summed E-state index contributed by atoms with van der Waals surface area (Å²) in [5.41, 5.74) is 2.02. The third-order valence-electron chi connectivity index (χ3n) is 2.85. The van der Waals surface area contributed by atoms with Crippen LogP contribution in [0.2, 0.25) is 0 Å². The molecule has 6 heteroatoms. The quantitative estimate of drug-likeness (QED) is 0.826. The molecule has 0 unspecified atom stereocenters. The highest BCUT2D eigenvalue weighted by molar-refractivity contribution is 9.08. The third kappa shape index (κ3) is 3.32. The molecule has 0 atom stereocenters. The van der Waals surface area contributed by atoms with E-state index in [4.69, 9.17) is 0 Å². The number of hydrogen-bond donors (Lipinski definition) is 2. The molecule has 0 aliphatic carbocycles. The summed E-state index contributed by atoms with van der Waals surface area (Å²) in [4.78, 5) is 0.183. The Morgan fingerprint density at radius 3 is 2.35 bits per heavy atom. The summed E-state index contributed by atoms with van der Waals surface area (Å²) >= 11 is 3.31. The summed E-state index contributed by atoms with van der Waals surface area (Å²) in [5.74, 6) is 0.0554. The fraction of sp³-hybridized carbons (Fsp3) is 0.143. The Labute approximate surface area is 126 Å². The Kier molecular flexibility index (Phi) is 4.35. The van der Waals surface area contributed by atoms with Gasteiger partial charge in [0.25, 0.3) is 10.0 Å². The highest BCUT2D eigenvalue weighted by Crippen LogP contribution is 2.23. The molecule has 2 aromatic carbocycles. The molecule has 0 aliphatic rings. The van der Waals surface area contributed by atoms with Crippen LogP contribution in [-0.2, 0) is 15.4 Å². The molecule has 0 fully saturated rings. The highest BCUT2D eigenvalue weighted by atomic mass is 79.9. The summed E-state index contributed by atoms with van der Waals surface area (Å²) in [6, 6.07) is 11.2. The number of sulfonamides is 1. The minimum Gasteiger partial charge on any atom is -0.508 e. The van der Waals surface area contributed by atoms with Crippen molar-refractivity contribution in [1.29, 1.82) is 0 Å². The molecule has 0 radical (unpaired) electrons. The number of rotatable bonds is 4. The zero-order chi connectivity index (χ0) is 14.8. The predicted octanol–water partition coefficient (Wildman–Crippen LogP) is 3.40. The van der Waals surface area contributed by atoms with Gasteiger partial charge in [-0.2, -0.15) is 0 Å². The first-order valence-corrected chi connectivity index (χ1v) is 8.50. The standard InChI is InChI=1S/C14H14BrNO3S/c1-10-2-5-12(8-14(10)17)16-20(18,19)13-6-3-11(9-15)4-7-13/h2-8,16-17H,9H2,1H3. The van der Waals surface area contributed by atoms with Crippen LogP contribution in [-0.4, -0.2) is 13.5 Å². The fourth-order valence-electron chi connectivity index (χ4n) is 1.64. The van der Waals surface area contributed by atoms with E-state index in [2.05, 4.69) is 20.7 Å². The third-order valence-corrected chi connectivity index (χ3v) is 4.89. The SMILES string of the molecule is Cc1ccc(NS(=O)(=O)c2ccc(CBr)cc2)cc1O. The lowest BCUT2D eigenvalue weighted by molar-refractivity contribution is 0.471. The van der Waals surface area contributed by atoms with Crippen molar-refractivity contribution in [3.8, 4) is 5.75 Å². The Balaban J connectivity index is 2.27. The van der Waals surface area contributed by atoms with Crippen LogP contribution in [0, 0.1) is 6.92 Å². The van der Waals surface area contributed by atoms with Gasteiger partial charge in [0.1, 0.15) is 5.75 Å². The number of alkyl halides is 1. The minimum absolute atomic E-state index is 0.0554. The van der Waals surface area contributed by atoms with Crippen LogP contribution in [0.5, 0.6) is 5.75 Å². The molecule has 0 heterocycles. The van der Waals surface area contributed by atoms with Crippen molar-refractivity contribution in [1.82, 2.24) is 0 Å². The van der Waals surface area contributed by atoms with Gasteiger partial charge in [0.2, 0.25) is 0 Å². The number of aromatic hydroxyl groups is 1. The molecule has 0 amide bonds. The number of aryl methyl sites for hydroxylation is 1. The Hall–Kier alpha value is -1.53. The summed E-state index contributed by atoms with van der Waals surface area (Å²) in [6.07, 6.45) is 0. The fourth-order valence-corrected chi connectivity index (χ4v) is 3.07. The zero-order valence-electron chi connectivity index (χ0n) is 10.8. The summed E-state index contributed by atoms with van der Waals surface area (Å²) in [6.45, 7) is 1.74. The summed E-state index contributed by atoms with van der Waals surface area (Å²) < 4.78 is 26.8. The number of phenols is 1. The molecule has 20 heavy (non-hydrogen) atoms. The number of halogens is 1. The van der Waals surface area contributed by atoms with Gasteiger partial charge in [0, 0.05) is 11.4 Å². The monoisotopic (exact) mass is 355 g/mol. The van der Waals surface area contributed by atoms with Crippen molar-refractivity contribution in [3.05, 3.63) is 53.6 Å². The molecule has 0 spiro atoms. The van der Waals surface area contributed by atoms with Crippen LogP contribution < -0.4 is 4.72 Å². The van der Waals surface area contributed by atoms with Crippen molar-refractivity contribution in [3.63, 3.8) is 0 Å². The van der Waals surface area contributed by atoms with Crippen molar-refractivity contribution in [2.45, 2.75) is 17.1 Å². The van der Waals surface area contributed by atoms with E-state index in [0.717, 1.165) is 5.56 Å². The zero-order valence-corrected chi connectivity index (χ0v) is 13.2. The van der Waals surface area contributed by atoms with Crippen molar-refractivity contribution in [2.24, 2.45) is 0 Å². The van der Waals surface area contributed by atoms with E-state index in [-0.39, 0.29) is 10.6 Å². The van der Waals surface area contributed by atoms with Gasteiger partial charge in [0.05, 0.1) is 10.6 Å². The molecule has 0 bridgehead atoms. The van der Waals surface area contributed by atoms with Gasteiger partial charge in [-0.05, 0) is 36.2 Å². The number of nitrogens with one attached hydrogen (secondary N) is 1. The van der Waals surface area contributed by atoms with E-state index >= 15 is 0 Å². The van der Waals surface area contributed by atoms with Gasteiger partial charge in [-0.25, -0.2) is 8.42 Å². The van der Waals surface area contributed by atoms with Gasteiger partial charge < -0.3 is 5.11 Å². The molecule has 0 saturated carbocycles. The van der Waals surface area contributed by atoms with Crippen LogP contribution in [0.15, 0.2) is 47.4 Å². The van der Waals surface area contributed by atoms with Gasteiger partial charge in [-0.1, -0.05) is 34.1 Å². The van der Waals surface area contributed by atoms with Crippen molar-refractivity contribution >= 4 is 31.6 Å². The van der Waals surface area contributed by atoms with E-state index in [0.29, 0.717) is 16.6 Å². The smallest absolute Gasteiger partial charge is 0.261 e. The van der Waals surface area contributed by atoms with Crippen LogP contribution in [0.1, 0.15) is 11.1 Å². The van der Waals surface area contributed by atoms with Crippen LogP contribution in [0.4, 0.5) is 5.69 Å². The molecule has 2 aromatic rings. The summed E-state index contributed by atoms with van der Waals surface area (Å²) in [7, 11) is -3.64. The maximum Gasteiger partial charge on any atom is 0.261 e. The lowest BCUT2D eigenvalue weighted by Crippen LogP contribution is -2.12. The molecule has 0 saturated heterocycles. The summed E-state index contributed by atoms with van der Waals surface area (Å²) in [5, 5.41) is 10.3. The van der Waals surface area contributed by atoms with Crippen molar-refractivity contribution in [2.75, 3.05) is 4.72 Å². The van der Waals surface area contributed by atoms with Crippen LogP contribution in [0.25, 0.3) is 0 Å². The topological polar surface area (TPSA) is 66.4 Å². The molecule has 2 N–H and O–H groups in total. The van der Waals surface area contributed by atoms with Gasteiger partial charge >= 0.3 is 0 Å². The van der Waals surface area contributed by atoms with Crippen molar-refractivity contribution < 1.29 is 13.5 Å². The molecule has 2 rings (SSSR count). The second-order valence-electron chi connectivity index (χ2n) is 4.38. The minimum atomic E-state index is -3.64. The average Bonchev–Trinajstić information content (AvgIpc) is 2.43. The molecule has 0 aliphatic heterocycles. The van der Waals surface area contributed by atoms with Gasteiger partial charge in [-0.15, -0.1) is 0 Å². The van der Waals surface area contributed by atoms with E-state index in [1.54, 1.807) is 43.3 Å². The van der Waals surface area contributed by atoms with Gasteiger partial charge in [0.15, 0.2) is 0 Å². The first-order valence-electron chi connectivity index (χ1n) is 5.90. The maximum atomic E-state index is 12.2. The Bertz CT molecular complexity index is 712.